The zero-order valence-corrected chi connectivity index (χ0v) is 15.7. The van der Waals surface area contributed by atoms with E-state index in [9.17, 15) is 0 Å². The average Bonchev–Trinajstić information content (AvgIpc) is 2.80. The van der Waals surface area contributed by atoms with Crippen LogP contribution in [-0.2, 0) is 9.47 Å². The summed E-state index contributed by atoms with van der Waals surface area (Å²) < 4.78 is 13.2. The zero-order valence-electron chi connectivity index (χ0n) is 14.0. The monoisotopic (exact) mass is 340 g/mol. The zero-order chi connectivity index (χ0) is 15.4. The third-order valence-corrected chi connectivity index (χ3v) is 9.31. The molecule has 0 saturated carbocycles. The summed E-state index contributed by atoms with van der Waals surface area (Å²) in [5, 5.41) is 0. The van der Waals surface area contributed by atoms with Gasteiger partial charge in [-0.15, -0.1) is 23.5 Å². The van der Waals surface area contributed by atoms with Gasteiger partial charge in [-0.25, -0.2) is 0 Å². The Labute approximate surface area is 143 Å². The molecule has 3 saturated heterocycles. The highest BCUT2D eigenvalue weighted by Gasteiger charge is 2.60. The Kier molecular flexibility index (Phi) is 3.92. The molecule has 4 aliphatic rings. The van der Waals surface area contributed by atoms with Crippen molar-refractivity contribution in [3.05, 3.63) is 11.6 Å². The van der Waals surface area contributed by atoms with Crippen LogP contribution in [0.5, 0.6) is 0 Å². The maximum atomic E-state index is 6.56. The van der Waals surface area contributed by atoms with Gasteiger partial charge >= 0.3 is 0 Å². The van der Waals surface area contributed by atoms with Crippen molar-refractivity contribution in [3.8, 4) is 0 Å². The number of ether oxygens (including phenoxy) is 2. The average molecular weight is 341 g/mol. The standard InChI is InChI=1S/C18H28O2S2/c1-16(2)7-5-13(6-8-16)14-17(3)9-10-18(15(19-14)20-17)21-11-4-12-22-18/h5,14-15H,4,6-12H2,1-3H3/t14-,15+,17-/m1/s1. The molecule has 2 bridgehead atoms. The third kappa shape index (κ3) is 2.58. The lowest BCUT2D eigenvalue weighted by Crippen LogP contribution is -2.47. The number of hydrogen-bond acceptors (Lipinski definition) is 4. The molecule has 4 heteroatoms. The van der Waals surface area contributed by atoms with Crippen LogP contribution in [0.4, 0.5) is 0 Å². The number of allylic oxidation sites excluding steroid dienone is 1. The van der Waals surface area contributed by atoms with Crippen molar-refractivity contribution in [1.29, 1.82) is 0 Å². The summed E-state index contributed by atoms with van der Waals surface area (Å²) in [4.78, 5) is 0. The Hall–Kier alpha value is 0.360. The largest absolute Gasteiger partial charge is 0.341 e. The molecular formula is C18H28O2S2. The van der Waals surface area contributed by atoms with E-state index in [1.165, 1.54) is 49.2 Å². The Morgan fingerprint density at radius 2 is 1.86 bits per heavy atom. The van der Waals surface area contributed by atoms with Crippen LogP contribution in [0.15, 0.2) is 11.6 Å². The Morgan fingerprint density at radius 3 is 2.55 bits per heavy atom. The van der Waals surface area contributed by atoms with Gasteiger partial charge < -0.3 is 9.47 Å². The van der Waals surface area contributed by atoms with Gasteiger partial charge in [0.15, 0.2) is 6.29 Å². The SMILES string of the molecule is CC1(C)CC=C([C@H]2O[C@H]3O[C@]2(C)CCC32SCCCS2)CC1. The molecule has 0 aromatic heterocycles. The molecule has 124 valence electrons. The summed E-state index contributed by atoms with van der Waals surface area (Å²) in [5.41, 5.74) is 1.86. The summed E-state index contributed by atoms with van der Waals surface area (Å²) in [6.45, 7) is 7.02. The van der Waals surface area contributed by atoms with E-state index in [-0.39, 0.29) is 22.1 Å². The fraction of sp³-hybridized carbons (Fsp3) is 0.889. The van der Waals surface area contributed by atoms with Gasteiger partial charge in [-0.2, -0.15) is 0 Å². The van der Waals surface area contributed by atoms with Crippen LogP contribution in [0.25, 0.3) is 0 Å². The normalized spacial score (nSPS) is 43.1. The molecule has 3 fully saturated rings. The first kappa shape index (κ1) is 15.9. The molecule has 3 atom stereocenters. The minimum Gasteiger partial charge on any atom is -0.341 e. The highest BCUT2D eigenvalue weighted by atomic mass is 32.2. The second-order valence-corrected chi connectivity index (χ2v) is 11.4. The molecule has 3 aliphatic heterocycles. The van der Waals surface area contributed by atoms with Crippen LogP contribution in [0.1, 0.15) is 59.3 Å². The maximum Gasteiger partial charge on any atom is 0.182 e. The number of hydrogen-bond donors (Lipinski definition) is 0. The van der Waals surface area contributed by atoms with Gasteiger partial charge in [0.2, 0.25) is 0 Å². The van der Waals surface area contributed by atoms with E-state index in [1.807, 2.05) is 0 Å². The Morgan fingerprint density at radius 1 is 1.09 bits per heavy atom. The third-order valence-electron chi connectivity index (χ3n) is 5.85. The summed E-state index contributed by atoms with van der Waals surface area (Å²) in [6.07, 6.45) is 9.95. The topological polar surface area (TPSA) is 18.5 Å². The van der Waals surface area contributed by atoms with Crippen molar-refractivity contribution < 1.29 is 9.47 Å². The summed E-state index contributed by atoms with van der Waals surface area (Å²) in [5.74, 6) is 2.52. The smallest absolute Gasteiger partial charge is 0.182 e. The van der Waals surface area contributed by atoms with Gasteiger partial charge in [0.05, 0.1) is 5.60 Å². The van der Waals surface area contributed by atoms with E-state index in [2.05, 4.69) is 50.4 Å². The van der Waals surface area contributed by atoms with Crippen LogP contribution in [0.2, 0.25) is 0 Å². The van der Waals surface area contributed by atoms with Crippen LogP contribution < -0.4 is 0 Å². The lowest BCUT2D eigenvalue weighted by Gasteiger charge is -2.44. The highest BCUT2D eigenvalue weighted by molar-refractivity contribution is 8.18. The second-order valence-electron chi connectivity index (χ2n) is 8.29. The molecular weight excluding hydrogens is 312 g/mol. The molecule has 1 aliphatic carbocycles. The lowest BCUT2D eigenvalue weighted by molar-refractivity contribution is -0.116. The van der Waals surface area contributed by atoms with E-state index >= 15 is 0 Å². The van der Waals surface area contributed by atoms with Crippen LogP contribution in [-0.4, -0.2) is 33.6 Å². The van der Waals surface area contributed by atoms with Crippen LogP contribution in [0.3, 0.4) is 0 Å². The molecule has 0 N–H and O–H groups in total. The molecule has 0 aromatic carbocycles. The molecule has 3 heterocycles. The van der Waals surface area contributed by atoms with Crippen molar-refractivity contribution >= 4 is 23.5 Å². The summed E-state index contributed by atoms with van der Waals surface area (Å²) in [6, 6.07) is 0. The van der Waals surface area contributed by atoms with E-state index in [0.717, 1.165) is 6.42 Å². The minimum absolute atomic E-state index is 0.0117. The molecule has 0 radical (unpaired) electrons. The van der Waals surface area contributed by atoms with E-state index in [1.54, 1.807) is 0 Å². The molecule has 1 spiro atoms. The first-order valence-corrected chi connectivity index (χ1v) is 10.7. The summed E-state index contributed by atoms with van der Waals surface area (Å²) >= 11 is 4.17. The van der Waals surface area contributed by atoms with Gasteiger partial charge in [-0.1, -0.05) is 19.9 Å². The summed E-state index contributed by atoms with van der Waals surface area (Å²) in [7, 11) is 0. The van der Waals surface area contributed by atoms with Crippen LogP contribution in [0, 0.1) is 5.41 Å². The highest BCUT2D eigenvalue weighted by Crippen LogP contribution is 2.59. The fourth-order valence-electron chi connectivity index (χ4n) is 4.21. The molecule has 2 nitrogen and oxygen atoms in total. The predicted molar refractivity (Wildman–Crippen MR) is 95.4 cm³/mol. The number of fused-ring (bicyclic) bond motifs is 3. The minimum atomic E-state index is -0.0954. The van der Waals surface area contributed by atoms with Gasteiger partial charge in [-0.05, 0) is 67.9 Å². The van der Waals surface area contributed by atoms with Crippen molar-refractivity contribution in [1.82, 2.24) is 0 Å². The quantitative estimate of drug-likeness (QED) is 0.626. The number of thioether (sulfide) groups is 2. The van der Waals surface area contributed by atoms with Crippen molar-refractivity contribution in [2.24, 2.45) is 5.41 Å². The molecule has 22 heavy (non-hydrogen) atoms. The van der Waals surface area contributed by atoms with Crippen LogP contribution >= 0.6 is 23.5 Å². The first-order valence-electron chi connectivity index (χ1n) is 8.73. The van der Waals surface area contributed by atoms with Gasteiger partial charge in [-0.3, -0.25) is 0 Å². The number of rotatable bonds is 1. The van der Waals surface area contributed by atoms with Crippen molar-refractivity contribution in [2.75, 3.05) is 11.5 Å². The lowest BCUT2D eigenvalue weighted by atomic mass is 9.75. The Balaban J connectivity index is 1.55. The maximum absolute atomic E-state index is 6.56. The molecule has 0 amide bonds. The van der Waals surface area contributed by atoms with E-state index in [0.29, 0.717) is 5.41 Å². The Bertz CT molecular complexity index is 481. The van der Waals surface area contributed by atoms with E-state index < -0.39 is 0 Å². The van der Waals surface area contributed by atoms with Crippen molar-refractivity contribution in [2.45, 2.75) is 81.4 Å². The molecule has 0 unspecified atom stereocenters. The van der Waals surface area contributed by atoms with Crippen molar-refractivity contribution in [3.63, 3.8) is 0 Å². The van der Waals surface area contributed by atoms with Gasteiger partial charge in [0.25, 0.3) is 0 Å². The predicted octanol–water partition coefficient (Wildman–Crippen LogP) is 4.98. The molecule has 4 rings (SSSR count). The second kappa shape index (κ2) is 5.44. The molecule has 0 aromatic rings. The van der Waals surface area contributed by atoms with Gasteiger partial charge in [0, 0.05) is 0 Å². The first-order chi connectivity index (χ1) is 10.4. The van der Waals surface area contributed by atoms with Gasteiger partial charge in [0.1, 0.15) is 10.2 Å². The fourth-order valence-corrected chi connectivity index (χ4v) is 7.46. The van der Waals surface area contributed by atoms with E-state index in [4.69, 9.17) is 9.47 Å².